The first kappa shape index (κ1) is 17.6. The topological polar surface area (TPSA) is 74.1 Å². The molecule has 1 aromatic carbocycles. The number of rotatable bonds is 6. The molecule has 2 aromatic rings. The zero-order chi connectivity index (χ0) is 17.7. The number of hydrogen-bond acceptors (Lipinski definition) is 4. The number of sulfonamides is 1. The molecule has 6 heteroatoms. The van der Waals surface area contributed by atoms with Crippen LogP contribution in [0.3, 0.4) is 0 Å². The minimum Gasteiger partial charge on any atom is -0.264 e. The Bertz CT molecular complexity index is 873. The molecular formula is C19H21N3O2S. The summed E-state index contributed by atoms with van der Waals surface area (Å²) < 4.78 is 27.6. The standard InChI is InChI=1S/C19H21N3O2S/c20-10-4-12-22(15-16-5-3-11-21-14-16)25(23,24)19-9-8-17-6-1-2-7-18(17)13-19/h3,5,8-9,11,13-14H,1-2,4,6-7,12,15H2. The smallest absolute Gasteiger partial charge is 0.243 e. The van der Waals surface area contributed by atoms with Gasteiger partial charge in [-0.15, -0.1) is 0 Å². The second-order valence-electron chi connectivity index (χ2n) is 6.25. The highest BCUT2D eigenvalue weighted by Crippen LogP contribution is 2.26. The second kappa shape index (κ2) is 7.77. The van der Waals surface area contributed by atoms with E-state index in [1.807, 2.05) is 24.3 Å². The molecule has 0 spiro atoms. The Morgan fingerprint density at radius 3 is 2.68 bits per heavy atom. The van der Waals surface area contributed by atoms with Crippen molar-refractivity contribution in [3.8, 4) is 6.07 Å². The van der Waals surface area contributed by atoms with Crippen molar-refractivity contribution in [2.75, 3.05) is 6.54 Å². The summed E-state index contributed by atoms with van der Waals surface area (Å²) in [7, 11) is -3.65. The third kappa shape index (κ3) is 4.06. The van der Waals surface area contributed by atoms with Gasteiger partial charge in [0, 0.05) is 31.9 Å². The Morgan fingerprint density at radius 1 is 1.16 bits per heavy atom. The molecule has 0 N–H and O–H groups in total. The Labute approximate surface area is 149 Å². The van der Waals surface area contributed by atoms with Gasteiger partial charge in [0.1, 0.15) is 0 Å². The zero-order valence-corrected chi connectivity index (χ0v) is 14.9. The minimum absolute atomic E-state index is 0.157. The lowest BCUT2D eigenvalue weighted by atomic mass is 9.92. The van der Waals surface area contributed by atoms with Crippen LogP contribution in [-0.2, 0) is 29.4 Å². The first-order valence-electron chi connectivity index (χ1n) is 8.49. The molecule has 1 aliphatic carbocycles. The third-order valence-electron chi connectivity index (χ3n) is 4.51. The summed E-state index contributed by atoms with van der Waals surface area (Å²) in [6.07, 6.45) is 7.68. The van der Waals surface area contributed by atoms with Gasteiger partial charge < -0.3 is 0 Å². The summed E-state index contributed by atoms with van der Waals surface area (Å²) >= 11 is 0. The highest BCUT2D eigenvalue weighted by atomic mass is 32.2. The van der Waals surface area contributed by atoms with Gasteiger partial charge in [-0.1, -0.05) is 12.1 Å². The Balaban J connectivity index is 1.91. The highest BCUT2D eigenvalue weighted by molar-refractivity contribution is 7.89. The summed E-state index contributed by atoms with van der Waals surface area (Å²) in [6.45, 7) is 0.389. The molecule has 0 unspecified atom stereocenters. The Hall–Kier alpha value is -2.23. The first-order chi connectivity index (χ1) is 12.1. The van der Waals surface area contributed by atoms with Gasteiger partial charge in [-0.05, 0) is 60.6 Å². The van der Waals surface area contributed by atoms with Crippen molar-refractivity contribution in [3.63, 3.8) is 0 Å². The highest BCUT2D eigenvalue weighted by Gasteiger charge is 2.25. The molecule has 0 fully saturated rings. The monoisotopic (exact) mass is 355 g/mol. The van der Waals surface area contributed by atoms with E-state index in [1.165, 1.54) is 9.87 Å². The number of aromatic nitrogens is 1. The van der Waals surface area contributed by atoms with Crippen molar-refractivity contribution in [3.05, 3.63) is 59.4 Å². The molecule has 0 bridgehead atoms. The van der Waals surface area contributed by atoms with E-state index in [2.05, 4.69) is 4.98 Å². The molecule has 1 aliphatic rings. The van der Waals surface area contributed by atoms with Crippen molar-refractivity contribution >= 4 is 10.0 Å². The number of fused-ring (bicyclic) bond motifs is 1. The first-order valence-corrected chi connectivity index (χ1v) is 9.93. The summed E-state index contributed by atoms with van der Waals surface area (Å²) in [5, 5.41) is 8.89. The van der Waals surface area contributed by atoms with E-state index in [0.29, 0.717) is 4.90 Å². The maximum Gasteiger partial charge on any atom is 0.243 e. The molecule has 0 saturated carbocycles. The van der Waals surface area contributed by atoms with E-state index < -0.39 is 10.0 Å². The fraction of sp³-hybridized carbons (Fsp3) is 0.368. The van der Waals surface area contributed by atoms with Crippen LogP contribution in [0.1, 0.15) is 36.0 Å². The number of aryl methyl sites for hydroxylation is 2. The van der Waals surface area contributed by atoms with Crippen molar-refractivity contribution in [1.29, 1.82) is 5.26 Å². The van der Waals surface area contributed by atoms with Gasteiger partial charge in [0.05, 0.1) is 11.0 Å². The minimum atomic E-state index is -3.65. The fourth-order valence-corrected chi connectivity index (χ4v) is 4.65. The zero-order valence-electron chi connectivity index (χ0n) is 14.1. The van der Waals surface area contributed by atoms with Crippen LogP contribution in [0.2, 0.25) is 0 Å². The van der Waals surface area contributed by atoms with Gasteiger partial charge in [0.15, 0.2) is 0 Å². The third-order valence-corrected chi connectivity index (χ3v) is 6.35. The average molecular weight is 355 g/mol. The van der Waals surface area contributed by atoms with Crippen molar-refractivity contribution in [2.24, 2.45) is 0 Å². The van der Waals surface area contributed by atoms with Crippen molar-refractivity contribution < 1.29 is 8.42 Å². The molecule has 0 amide bonds. The quantitative estimate of drug-likeness (QED) is 0.798. The number of nitriles is 1. The van der Waals surface area contributed by atoms with Crippen LogP contribution in [0.15, 0.2) is 47.6 Å². The molecule has 130 valence electrons. The largest absolute Gasteiger partial charge is 0.264 e. The SMILES string of the molecule is N#CCCN(Cc1cccnc1)S(=O)(=O)c1ccc2c(c1)CCCC2. The van der Waals surface area contributed by atoms with E-state index in [0.717, 1.165) is 36.8 Å². The lowest BCUT2D eigenvalue weighted by molar-refractivity contribution is 0.412. The molecule has 5 nitrogen and oxygen atoms in total. The molecule has 3 rings (SSSR count). The van der Waals surface area contributed by atoms with E-state index >= 15 is 0 Å². The lowest BCUT2D eigenvalue weighted by Gasteiger charge is -2.23. The summed E-state index contributed by atoms with van der Waals surface area (Å²) in [5.41, 5.74) is 3.19. The van der Waals surface area contributed by atoms with Crippen LogP contribution in [0, 0.1) is 11.3 Å². The molecule has 0 atom stereocenters. The van der Waals surface area contributed by atoms with Crippen LogP contribution < -0.4 is 0 Å². The number of pyridine rings is 1. The van der Waals surface area contributed by atoms with Gasteiger partial charge in [-0.25, -0.2) is 8.42 Å². The lowest BCUT2D eigenvalue weighted by Crippen LogP contribution is -2.31. The van der Waals surface area contributed by atoms with Crippen LogP contribution in [0.5, 0.6) is 0 Å². The van der Waals surface area contributed by atoms with E-state index in [4.69, 9.17) is 5.26 Å². The van der Waals surface area contributed by atoms with Crippen LogP contribution in [0.25, 0.3) is 0 Å². The molecule has 0 saturated heterocycles. The maximum atomic E-state index is 13.1. The summed E-state index contributed by atoms with van der Waals surface area (Å²) in [4.78, 5) is 4.36. The van der Waals surface area contributed by atoms with Crippen LogP contribution in [0.4, 0.5) is 0 Å². The van der Waals surface area contributed by atoms with E-state index in [-0.39, 0.29) is 19.5 Å². The van der Waals surface area contributed by atoms with Gasteiger partial charge in [-0.2, -0.15) is 9.57 Å². The molecule has 1 aromatic heterocycles. The Kier molecular flexibility index (Phi) is 5.47. The molecule has 0 radical (unpaired) electrons. The summed E-state index contributed by atoms with van der Waals surface area (Å²) in [5.74, 6) is 0. The number of benzene rings is 1. The molecule has 0 aliphatic heterocycles. The van der Waals surface area contributed by atoms with Gasteiger partial charge in [0.2, 0.25) is 10.0 Å². The predicted octanol–water partition coefficient (Wildman–Crippen LogP) is 3.06. The van der Waals surface area contributed by atoms with Gasteiger partial charge >= 0.3 is 0 Å². The molecular weight excluding hydrogens is 334 g/mol. The molecule has 25 heavy (non-hydrogen) atoms. The van der Waals surface area contributed by atoms with E-state index in [9.17, 15) is 8.42 Å². The van der Waals surface area contributed by atoms with Crippen molar-refractivity contribution in [1.82, 2.24) is 9.29 Å². The summed E-state index contributed by atoms with van der Waals surface area (Å²) in [6, 6.07) is 11.1. The Morgan fingerprint density at radius 2 is 1.96 bits per heavy atom. The number of hydrogen-bond donors (Lipinski definition) is 0. The van der Waals surface area contributed by atoms with Crippen molar-refractivity contribution in [2.45, 2.75) is 43.5 Å². The fourth-order valence-electron chi connectivity index (χ4n) is 3.17. The number of nitrogens with zero attached hydrogens (tertiary/aromatic N) is 3. The van der Waals surface area contributed by atoms with Gasteiger partial charge in [0.25, 0.3) is 0 Å². The van der Waals surface area contributed by atoms with Crippen LogP contribution >= 0.6 is 0 Å². The normalized spacial score (nSPS) is 14.1. The van der Waals surface area contributed by atoms with Crippen LogP contribution in [-0.4, -0.2) is 24.3 Å². The van der Waals surface area contributed by atoms with Gasteiger partial charge in [-0.3, -0.25) is 4.98 Å². The predicted molar refractivity (Wildman–Crippen MR) is 95.1 cm³/mol. The second-order valence-corrected chi connectivity index (χ2v) is 8.18. The molecule has 1 heterocycles. The average Bonchev–Trinajstić information content (AvgIpc) is 2.65. The van der Waals surface area contributed by atoms with E-state index in [1.54, 1.807) is 24.5 Å². The maximum absolute atomic E-state index is 13.1.